The Hall–Kier alpha value is -2.34. The van der Waals surface area contributed by atoms with Crippen molar-refractivity contribution in [1.82, 2.24) is 0 Å². The summed E-state index contributed by atoms with van der Waals surface area (Å²) < 4.78 is 30.8. The van der Waals surface area contributed by atoms with Gasteiger partial charge in [-0.15, -0.1) is 12.1 Å². The Bertz CT molecular complexity index is 1410. The van der Waals surface area contributed by atoms with E-state index in [-0.39, 0.29) is 4.90 Å². The number of sulfonamides is 1. The van der Waals surface area contributed by atoms with E-state index in [2.05, 4.69) is 59.4 Å². The van der Waals surface area contributed by atoms with Gasteiger partial charge in [0, 0.05) is 0 Å². The van der Waals surface area contributed by atoms with Crippen LogP contribution in [-0.4, -0.2) is 8.42 Å². The molecule has 0 bridgehead atoms. The fourth-order valence-electron chi connectivity index (χ4n) is 4.46. The second kappa shape index (κ2) is 16.2. The molecule has 1 N–H and O–H groups in total. The predicted molar refractivity (Wildman–Crippen MR) is 164 cm³/mol. The molecule has 4 aromatic rings. The van der Waals surface area contributed by atoms with Crippen molar-refractivity contribution in [3.63, 3.8) is 0 Å². The summed E-state index contributed by atoms with van der Waals surface area (Å²) in [5.74, 6) is 0.622. The van der Waals surface area contributed by atoms with Gasteiger partial charge in [0.05, 0.1) is 4.90 Å². The molecule has 0 radical (unpaired) electrons. The molecule has 0 amide bonds. The minimum absolute atomic E-state index is 0.235. The number of nitrogens with one attached hydrogen (secondary N) is 1. The zero-order valence-electron chi connectivity index (χ0n) is 23.8. The average Bonchev–Trinajstić information content (AvgIpc) is 2.93. The van der Waals surface area contributed by atoms with Gasteiger partial charge in [-0.05, 0) is 31.9 Å². The Kier molecular flexibility index (Phi) is 13.7. The van der Waals surface area contributed by atoms with E-state index in [1.165, 1.54) is 11.1 Å². The van der Waals surface area contributed by atoms with Gasteiger partial charge in [0.15, 0.2) is 0 Å². The third kappa shape index (κ3) is 9.64. The van der Waals surface area contributed by atoms with Gasteiger partial charge < -0.3 is 10.5 Å². The molecule has 0 spiro atoms. The van der Waals surface area contributed by atoms with Crippen molar-refractivity contribution in [1.29, 1.82) is 0 Å². The van der Waals surface area contributed by atoms with Gasteiger partial charge in [-0.3, -0.25) is 0 Å². The summed E-state index contributed by atoms with van der Waals surface area (Å²) in [5, 5.41) is 0. The molecule has 0 aliphatic carbocycles. The van der Waals surface area contributed by atoms with Gasteiger partial charge in [-0.1, -0.05) is 116 Å². The number of nitrogens with zero attached hydrogens (tertiary/aromatic N) is 1. The summed E-state index contributed by atoms with van der Waals surface area (Å²) in [4.78, 5) is 0.235. The Morgan fingerprint density at radius 1 is 0.775 bits per heavy atom. The van der Waals surface area contributed by atoms with Gasteiger partial charge >= 0.3 is 27.0 Å². The van der Waals surface area contributed by atoms with E-state index in [0.29, 0.717) is 22.6 Å². The van der Waals surface area contributed by atoms with Crippen LogP contribution in [-0.2, 0) is 27.3 Å². The number of halogens is 1. The maximum absolute atomic E-state index is 13.3. The molecule has 0 unspecified atom stereocenters. The maximum atomic E-state index is 13.3. The van der Waals surface area contributed by atoms with E-state index in [1.54, 1.807) is 13.8 Å². The Labute approximate surface area is 255 Å². The first-order valence-electron chi connectivity index (χ1n) is 13.0. The van der Waals surface area contributed by atoms with Crippen LogP contribution in [0.15, 0.2) is 95.9 Å². The van der Waals surface area contributed by atoms with Crippen molar-refractivity contribution in [2.75, 3.05) is 0 Å². The normalized spacial score (nSPS) is 12.4. The molecule has 4 nitrogen and oxygen atoms in total. The van der Waals surface area contributed by atoms with Crippen LogP contribution in [0.3, 0.4) is 0 Å². The van der Waals surface area contributed by atoms with Crippen molar-refractivity contribution in [2.24, 2.45) is 0 Å². The van der Waals surface area contributed by atoms with Gasteiger partial charge in [-0.2, -0.15) is 35.4 Å². The van der Waals surface area contributed by atoms with E-state index in [0.717, 1.165) is 11.1 Å². The van der Waals surface area contributed by atoms with Crippen LogP contribution < -0.4 is 0 Å². The Morgan fingerprint density at radius 2 is 1.27 bits per heavy atom. The summed E-state index contributed by atoms with van der Waals surface area (Å²) >= 11 is 1.82. The predicted octanol–water partition coefficient (Wildman–Crippen LogP) is 9.81. The van der Waals surface area contributed by atoms with Gasteiger partial charge in [-0.25, -0.2) is 8.42 Å². The molecule has 0 aliphatic heterocycles. The first-order valence-corrected chi connectivity index (χ1v) is 16.6. The first kappa shape index (κ1) is 33.9. The van der Waals surface area contributed by atoms with Crippen LogP contribution in [0.4, 0.5) is 0 Å². The van der Waals surface area contributed by atoms with Crippen LogP contribution in [0, 0.1) is 33.8 Å². The molecule has 2 atom stereocenters. The molecular weight excluding hydrogens is 625 g/mol. The standard InChI is InChI=1S/C23H24N2O2S.C10H13.ClH.Ru/c1-16-14-17(2)23(18(3)15-16)28(26,27)25-22(20-12-8-5-9-13-20)21(24)19-10-6-4-7-11-19;1-8(2)10-6-4-9(3)5-7-10;;/h4-15,21-22,24H,1-3H3;4,6-8H,1-3H3;1H;/q-2;-1;;+4/p-1/t21-,22-;;;/m1.../s1. The molecule has 7 heteroatoms. The average molecular weight is 662 g/mol. The number of benzene rings is 4. The minimum atomic E-state index is -3.93. The third-order valence-corrected chi connectivity index (χ3v) is 8.05. The monoisotopic (exact) mass is 662 g/mol. The molecule has 0 aliphatic rings. The molecule has 0 saturated carbocycles. The van der Waals surface area contributed by atoms with E-state index in [1.807, 2.05) is 97.0 Å². The quantitative estimate of drug-likeness (QED) is 0.146. The van der Waals surface area contributed by atoms with Crippen LogP contribution in [0.1, 0.15) is 70.8 Å². The fraction of sp³-hybridized carbons (Fsp3) is 0.273. The second-order valence-electron chi connectivity index (χ2n) is 10.0. The Balaban J connectivity index is 0.000000391. The molecule has 0 heterocycles. The molecule has 40 heavy (non-hydrogen) atoms. The number of aryl methyl sites for hydroxylation is 4. The molecule has 212 valence electrons. The fourth-order valence-corrected chi connectivity index (χ4v) is 6.04. The van der Waals surface area contributed by atoms with E-state index < -0.39 is 22.1 Å². The SMILES string of the molecule is Cc1[c-]cc(C(C)C)cc1.Cc1cc(C)c(S(=O)(=O)[N-][C@H](c2ccccc2)[C@H]([NH-])c2ccccc2)c(C)c1.[Cl][Ru+3]. The van der Waals surface area contributed by atoms with Crippen LogP contribution in [0.25, 0.3) is 10.5 Å². The van der Waals surface area contributed by atoms with Crippen molar-refractivity contribution in [3.05, 3.63) is 146 Å². The summed E-state index contributed by atoms with van der Waals surface area (Å²) in [5.41, 5.74) is 15.1. The Morgan fingerprint density at radius 3 is 1.73 bits per heavy atom. The van der Waals surface area contributed by atoms with Crippen molar-refractivity contribution in [2.45, 2.75) is 64.4 Å². The molecule has 4 rings (SSSR count). The van der Waals surface area contributed by atoms with E-state index in [4.69, 9.17) is 5.73 Å². The number of hydrogen-bond donors (Lipinski definition) is 0. The van der Waals surface area contributed by atoms with Crippen LogP contribution >= 0.6 is 9.69 Å². The summed E-state index contributed by atoms with van der Waals surface area (Å²) in [6.45, 7) is 12.0. The van der Waals surface area contributed by atoms with Crippen molar-refractivity contribution < 1.29 is 25.7 Å². The van der Waals surface area contributed by atoms with Gasteiger partial charge in [0.2, 0.25) is 0 Å². The molecule has 0 aromatic heterocycles. The number of rotatable bonds is 7. The summed E-state index contributed by atoms with van der Waals surface area (Å²) in [7, 11) is 0.635. The van der Waals surface area contributed by atoms with E-state index in [9.17, 15) is 8.42 Å². The topological polar surface area (TPSA) is 72.0 Å². The third-order valence-electron chi connectivity index (χ3n) is 6.39. The van der Waals surface area contributed by atoms with Crippen LogP contribution in [0.2, 0.25) is 0 Å². The molecule has 0 fully saturated rings. The van der Waals surface area contributed by atoms with Crippen molar-refractivity contribution >= 4 is 19.7 Å². The molecular formula is C33H37ClN2O2RuS. The summed E-state index contributed by atoms with van der Waals surface area (Å²) in [6, 6.07) is 30.0. The van der Waals surface area contributed by atoms with Crippen LogP contribution in [0.5, 0.6) is 0 Å². The van der Waals surface area contributed by atoms with E-state index >= 15 is 0 Å². The second-order valence-corrected chi connectivity index (χ2v) is 11.6. The van der Waals surface area contributed by atoms with Gasteiger partial charge in [0.25, 0.3) is 0 Å². The molecule has 0 saturated heterocycles. The van der Waals surface area contributed by atoms with Crippen molar-refractivity contribution in [3.8, 4) is 0 Å². The number of hydrogen-bond acceptors (Lipinski definition) is 2. The molecule has 4 aromatic carbocycles. The van der Waals surface area contributed by atoms with Gasteiger partial charge in [0.1, 0.15) is 10.0 Å². The zero-order chi connectivity index (χ0) is 29.9. The summed E-state index contributed by atoms with van der Waals surface area (Å²) in [6.07, 6.45) is 0. The first-order chi connectivity index (χ1) is 19.0. The zero-order valence-corrected chi connectivity index (χ0v) is 27.1.